The molecule has 0 bridgehead atoms. The first-order chi connectivity index (χ1) is 4.38. The van der Waals surface area contributed by atoms with Crippen LogP contribution in [0.15, 0.2) is 10.3 Å². The van der Waals surface area contributed by atoms with Crippen molar-refractivity contribution in [2.75, 3.05) is 0 Å². The molecule has 1 aromatic rings. The maximum absolute atomic E-state index is 10.8. The van der Waals surface area contributed by atoms with Crippen molar-refractivity contribution in [1.29, 1.82) is 0 Å². The number of aromatic nitrogens is 2. The summed E-state index contributed by atoms with van der Waals surface area (Å²) in [5.74, 6) is 0. The molecule has 1 aliphatic carbocycles. The van der Waals surface area contributed by atoms with Gasteiger partial charge in [0.2, 0.25) is 0 Å². The summed E-state index contributed by atoms with van der Waals surface area (Å²) in [6.45, 7) is 0. The molecular weight excluding hydrogens is 136 g/mol. The van der Waals surface area contributed by atoms with Gasteiger partial charge in [-0.15, -0.1) is 0 Å². The lowest BCUT2D eigenvalue weighted by Gasteiger charge is -1.88. The van der Waals surface area contributed by atoms with Gasteiger partial charge in [0.1, 0.15) is 5.51 Å². The molecule has 0 atom stereocenters. The summed E-state index contributed by atoms with van der Waals surface area (Å²) in [5.41, 5.74) is 1.60. The van der Waals surface area contributed by atoms with Gasteiger partial charge in [0.05, 0.1) is 6.04 Å². The van der Waals surface area contributed by atoms with Crippen LogP contribution in [0.1, 0.15) is 18.9 Å². The van der Waals surface area contributed by atoms with Crippen molar-refractivity contribution >= 4 is 11.3 Å². The van der Waals surface area contributed by atoms with E-state index in [1.165, 1.54) is 11.3 Å². The molecule has 0 radical (unpaired) electrons. The van der Waals surface area contributed by atoms with Crippen molar-refractivity contribution in [3.63, 3.8) is 0 Å². The highest BCUT2D eigenvalue weighted by Gasteiger charge is 2.25. The van der Waals surface area contributed by atoms with Crippen molar-refractivity contribution in [1.82, 2.24) is 9.78 Å². The molecule has 48 valence electrons. The zero-order valence-electron chi connectivity index (χ0n) is 4.78. The first kappa shape index (κ1) is 5.17. The molecule has 3 nitrogen and oxygen atoms in total. The summed E-state index contributed by atoms with van der Waals surface area (Å²) in [5, 5.41) is 3.90. The first-order valence-corrected chi connectivity index (χ1v) is 3.78. The Kier molecular flexibility index (Phi) is 0.958. The zero-order chi connectivity index (χ0) is 6.27. The summed E-state index contributed by atoms with van der Waals surface area (Å²) < 4.78 is 1.57. The maximum Gasteiger partial charge on any atom is 0.325 e. The topological polar surface area (TPSA) is 34.9 Å². The van der Waals surface area contributed by atoms with Crippen molar-refractivity contribution in [2.24, 2.45) is 0 Å². The molecule has 1 heterocycles. The van der Waals surface area contributed by atoms with Crippen molar-refractivity contribution in [3.8, 4) is 0 Å². The Balaban J connectivity index is 2.47. The molecule has 0 aliphatic heterocycles. The van der Waals surface area contributed by atoms with Gasteiger partial charge < -0.3 is 0 Å². The van der Waals surface area contributed by atoms with Gasteiger partial charge in [-0.2, -0.15) is 5.10 Å². The Morgan fingerprint density at radius 3 is 3.00 bits per heavy atom. The SMILES string of the molecule is O=c1scnn1C1CC1. The average molecular weight is 142 g/mol. The van der Waals surface area contributed by atoms with E-state index in [2.05, 4.69) is 5.10 Å². The number of hydrogen-bond acceptors (Lipinski definition) is 3. The Labute approximate surface area is 55.9 Å². The molecule has 1 aliphatic rings. The van der Waals surface area contributed by atoms with Gasteiger partial charge in [0.15, 0.2) is 0 Å². The summed E-state index contributed by atoms with van der Waals surface area (Å²) in [6.07, 6.45) is 2.26. The zero-order valence-corrected chi connectivity index (χ0v) is 5.60. The van der Waals surface area contributed by atoms with E-state index in [1.807, 2.05) is 0 Å². The molecule has 0 saturated heterocycles. The fraction of sp³-hybridized carbons (Fsp3) is 0.600. The van der Waals surface area contributed by atoms with Crippen LogP contribution in [0.25, 0.3) is 0 Å². The average Bonchev–Trinajstić information content (AvgIpc) is 2.58. The van der Waals surface area contributed by atoms with Crippen LogP contribution in [-0.4, -0.2) is 9.78 Å². The largest absolute Gasteiger partial charge is 0.325 e. The summed E-state index contributed by atoms with van der Waals surface area (Å²) in [4.78, 5) is 10.9. The highest BCUT2D eigenvalue weighted by Crippen LogP contribution is 2.32. The fourth-order valence-corrected chi connectivity index (χ4v) is 1.33. The molecule has 0 unspecified atom stereocenters. The van der Waals surface area contributed by atoms with Crippen LogP contribution in [0.4, 0.5) is 0 Å². The predicted octanol–water partition coefficient (Wildman–Crippen LogP) is 0.640. The predicted molar refractivity (Wildman–Crippen MR) is 34.6 cm³/mol. The molecule has 4 heteroatoms. The van der Waals surface area contributed by atoms with Crippen molar-refractivity contribution in [3.05, 3.63) is 15.2 Å². The number of nitrogens with zero attached hydrogens (tertiary/aromatic N) is 2. The molecule has 0 amide bonds. The molecule has 1 aromatic heterocycles. The van der Waals surface area contributed by atoms with Crippen molar-refractivity contribution < 1.29 is 0 Å². The van der Waals surface area contributed by atoms with Gasteiger partial charge in [0.25, 0.3) is 0 Å². The molecule has 2 rings (SSSR count). The minimum atomic E-state index is 0.0810. The maximum atomic E-state index is 10.8. The normalized spacial score (nSPS) is 18.2. The number of rotatable bonds is 1. The summed E-state index contributed by atoms with van der Waals surface area (Å²) in [6, 6.07) is 0.434. The van der Waals surface area contributed by atoms with E-state index in [4.69, 9.17) is 0 Å². The van der Waals surface area contributed by atoms with Crippen LogP contribution in [0, 0.1) is 0 Å². The van der Waals surface area contributed by atoms with Crippen LogP contribution in [0.3, 0.4) is 0 Å². The van der Waals surface area contributed by atoms with Gasteiger partial charge >= 0.3 is 4.87 Å². The van der Waals surface area contributed by atoms with E-state index in [1.54, 1.807) is 10.2 Å². The second-order valence-corrected chi connectivity index (χ2v) is 2.98. The smallest absolute Gasteiger partial charge is 0.255 e. The van der Waals surface area contributed by atoms with E-state index < -0.39 is 0 Å². The molecule has 0 N–H and O–H groups in total. The lowest BCUT2D eigenvalue weighted by atomic mass is 10.7. The van der Waals surface area contributed by atoms with Crippen LogP contribution in [-0.2, 0) is 0 Å². The summed E-state index contributed by atoms with van der Waals surface area (Å²) >= 11 is 1.17. The first-order valence-electron chi connectivity index (χ1n) is 2.90. The lowest BCUT2D eigenvalue weighted by Crippen LogP contribution is -2.12. The Morgan fingerprint density at radius 2 is 2.56 bits per heavy atom. The minimum Gasteiger partial charge on any atom is -0.255 e. The minimum absolute atomic E-state index is 0.0810. The third-order valence-corrected chi connectivity index (χ3v) is 1.99. The molecule has 1 saturated carbocycles. The lowest BCUT2D eigenvalue weighted by molar-refractivity contribution is 0.623. The van der Waals surface area contributed by atoms with Crippen molar-refractivity contribution in [2.45, 2.75) is 18.9 Å². The van der Waals surface area contributed by atoms with Gasteiger partial charge in [-0.25, -0.2) is 4.68 Å². The number of hydrogen-bond donors (Lipinski definition) is 0. The van der Waals surface area contributed by atoms with Crippen LogP contribution in [0.5, 0.6) is 0 Å². The molecular formula is C5H6N2OS. The Morgan fingerprint density at radius 1 is 1.78 bits per heavy atom. The van der Waals surface area contributed by atoms with E-state index in [0.29, 0.717) is 6.04 Å². The highest BCUT2D eigenvalue weighted by atomic mass is 32.1. The van der Waals surface area contributed by atoms with E-state index >= 15 is 0 Å². The van der Waals surface area contributed by atoms with Gasteiger partial charge in [0, 0.05) is 0 Å². The standard InChI is InChI=1S/C5H6N2OS/c8-5-7(4-1-2-4)6-3-9-5/h3-4H,1-2H2. The quantitative estimate of drug-likeness (QED) is 0.576. The molecule has 1 fully saturated rings. The Hall–Kier alpha value is -0.640. The van der Waals surface area contributed by atoms with E-state index in [0.717, 1.165) is 12.8 Å². The third-order valence-electron chi connectivity index (χ3n) is 1.40. The van der Waals surface area contributed by atoms with Crippen LogP contribution < -0.4 is 4.87 Å². The molecule has 0 spiro atoms. The van der Waals surface area contributed by atoms with Gasteiger partial charge in [-0.05, 0) is 12.8 Å². The summed E-state index contributed by atoms with van der Waals surface area (Å²) in [7, 11) is 0. The molecule has 0 aromatic carbocycles. The van der Waals surface area contributed by atoms with E-state index in [9.17, 15) is 4.79 Å². The van der Waals surface area contributed by atoms with Gasteiger partial charge in [-0.3, -0.25) is 4.79 Å². The second kappa shape index (κ2) is 1.67. The van der Waals surface area contributed by atoms with Crippen LogP contribution >= 0.6 is 11.3 Å². The van der Waals surface area contributed by atoms with Gasteiger partial charge in [-0.1, -0.05) is 11.3 Å². The highest BCUT2D eigenvalue weighted by molar-refractivity contribution is 7.06. The Bertz CT molecular complexity index is 260. The monoisotopic (exact) mass is 142 g/mol. The van der Waals surface area contributed by atoms with Crippen LogP contribution in [0.2, 0.25) is 0 Å². The molecule has 9 heavy (non-hydrogen) atoms. The fourth-order valence-electron chi connectivity index (χ4n) is 0.783. The van der Waals surface area contributed by atoms with E-state index in [-0.39, 0.29) is 4.87 Å². The third kappa shape index (κ3) is 0.790. The second-order valence-electron chi connectivity index (χ2n) is 2.18.